The van der Waals surface area contributed by atoms with Crippen molar-refractivity contribution in [1.82, 2.24) is 19.8 Å². The Bertz CT molecular complexity index is 1120. The van der Waals surface area contributed by atoms with Crippen LogP contribution in [0.15, 0.2) is 47.3 Å². The summed E-state index contributed by atoms with van der Waals surface area (Å²) in [6.07, 6.45) is -4.55. The summed E-state index contributed by atoms with van der Waals surface area (Å²) in [5, 5.41) is 3.59. The molecule has 4 rings (SSSR count). The van der Waals surface area contributed by atoms with Crippen LogP contribution in [0.3, 0.4) is 0 Å². The molecular weight excluding hydrogens is 397 g/mol. The average molecular weight is 418 g/mol. The van der Waals surface area contributed by atoms with E-state index in [-0.39, 0.29) is 11.4 Å². The molecule has 0 saturated carbocycles. The molecule has 0 aliphatic carbocycles. The summed E-state index contributed by atoms with van der Waals surface area (Å²) < 4.78 is 46.7. The lowest BCUT2D eigenvalue weighted by Crippen LogP contribution is -2.44. The predicted molar refractivity (Wildman–Crippen MR) is 107 cm³/mol. The zero-order valence-corrected chi connectivity index (χ0v) is 16.4. The third-order valence-electron chi connectivity index (χ3n) is 5.17. The fourth-order valence-electron chi connectivity index (χ4n) is 3.64. The maximum atomic E-state index is 13.4. The van der Waals surface area contributed by atoms with Gasteiger partial charge in [-0.25, -0.2) is 4.98 Å². The molecule has 1 aliphatic heterocycles. The van der Waals surface area contributed by atoms with Crippen LogP contribution in [0.1, 0.15) is 11.4 Å². The number of para-hydroxylation sites is 1. The highest BCUT2D eigenvalue weighted by Crippen LogP contribution is 2.34. The molecule has 0 spiro atoms. The molecule has 0 amide bonds. The number of rotatable bonds is 4. The summed E-state index contributed by atoms with van der Waals surface area (Å²) in [6, 6.07) is 9.94. The van der Waals surface area contributed by atoms with E-state index < -0.39 is 17.3 Å². The lowest BCUT2D eigenvalue weighted by molar-refractivity contribution is -0.137. The van der Waals surface area contributed by atoms with E-state index >= 15 is 0 Å². The van der Waals surface area contributed by atoms with Gasteiger partial charge in [-0.2, -0.15) is 13.2 Å². The lowest BCUT2D eigenvalue weighted by Gasteiger charge is -2.28. The molecule has 2 heterocycles. The van der Waals surface area contributed by atoms with Crippen LogP contribution in [0.25, 0.3) is 16.6 Å². The van der Waals surface area contributed by atoms with Gasteiger partial charge in [0.15, 0.2) is 0 Å². The molecule has 3 aromatic rings. The molecule has 0 radical (unpaired) electrons. The highest BCUT2D eigenvalue weighted by Gasteiger charge is 2.32. The molecule has 1 aliphatic rings. The van der Waals surface area contributed by atoms with Crippen molar-refractivity contribution in [3.63, 3.8) is 0 Å². The van der Waals surface area contributed by atoms with E-state index in [1.54, 1.807) is 24.3 Å². The molecule has 0 unspecified atom stereocenters. The highest BCUT2D eigenvalue weighted by atomic mass is 19.4. The minimum Gasteiger partial charge on any atom is -0.495 e. The Morgan fingerprint density at radius 2 is 1.87 bits per heavy atom. The van der Waals surface area contributed by atoms with Gasteiger partial charge in [0.1, 0.15) is 11.6 Å². The standard InChI is InChI=1S/C21H21F3N4O2/c1-30-18-7-6-14(21(22,23)24)12-17(18)28-19(13-27-10-8-25-9-11-27)26-16-5-3-2-4-15(16)20(28)29/h2-7,12,25H,8-11,13H2,1H3. The van der Waals surface area contributed by atoms with Gasteiger partial charge in [0.2, 0.25) is 0 Å². The van der Waals surface area contributed by atoms with Crippen LogP contribution >= 0.6 is 0 Å². The summed E-state index contributed by atoms with van der Waals surface area (Å²) in [5.41, 5.74) is -0.745. The molecule has 158 valence electrons. The Labute approximate surface area is 170 Å². The van der Waals surface area contributed by atoms with Crippen molar-refractivity contribution < 1.29 is 17.9 Å². The Morgan fingerprint density at radius 3 is 2.57 bits per heavy atom. The Hall–Kier alpha value is -2.91. The SMILES string of the molecule is COc1ccc(C(F)(F)F)cc1-n1c(CN2CCNCC2)nc2ccccc2c1=O. The van der Waals surface area contributed by atoms with Crippen LogP contribution in [0.4, 0.5) is 13.2 Å². The Kier molecular flexibility index (Phi) is 5.48. The van der Waals surface area contributed by atoms with Crippen LogP contribution < -0.4 is 15.6 Å². The molecular formula is C21H21F3N4O2. The molecule has 0 atom stereocenters. The quantitative estimate of drug-likeness (QED) is 0.706. The minimum atomic E-state index is -4.55. The van der Waals surface area contributed by atoms with E-state index in [2.05, 4.69) is 15.2 Å². The number of benzene rings is 2. The molecule has 6 nitrogen and oxygen atoms in total. The van der Waals surface area contributed by atoms with Gasteiger partial charge >= 0.3 is 6.18 Å². The third kappa shape index (κ3) is 3.90. The molecule has 30 heavy (non-hydrogen) atoms. The summed E-state index contributed by atoms with van der Waals surface area (Å²) in [4.78, 5) is 20.1. The van der Waals surface area contributed by atoms with Crippen molar-refractivity contribution in [3.8, 4) is 11.4 Å². The zero-order valence-electron chi connectivity index (χ0n) is 16.4. The largest absolute Gasteiger partial charge is 0.495 e. The first-order valence-corrected chi connectivity index (χ1v) is 9.58. The number of hydrogen-bond donors (Lipinski definition) is 1. The second-order valence-electron chi connectivity index (χ2n) is 7.10. The van der Waals surface area contributed by atoms with Crippen LogP contribution in [-0.4, -0.2) is 47.7 Å². The van der Waals surface area contributed by atoms with E-state index in [0.717, 1.165) is 38.3 Å². The monoisotopic (exact) mass is 418 g/mol. The van der Waals surface area contributed by atoms with Gasteiger partial charge < -0.3 is 10.1 Å². The number of ether oxygens (including phenoxy) is 1. The van der Waals surface area contributed by atoms with Crippen LogP contribution in [0, 0.1) is 0 Å². The van der Waals surface area contributed by atoms with E-state index in [1.807, 2.05) is 0 Å². The first-order chi connectivity index (χ1) is 14.4. The van der Waals surface area contributed by atoms with Gasteiger partial charge in [-0.05, 0) is 30.3 Å². The van der Waals surface area contributed by atoms with Crippen molar-refractivity contribution in [2.45, 2.75) is 12.7 Å². The van der Waals surface area contributed by atoms with Crippen molar-refractivity contribution in [1.29, 1.82) is 0 Å². The number of aromatic nitrogens is 2. The van der Waals surface area contributed by atoms with E-state index in [0.29, 0.717) is 23.3 Å². The van der Waals surface area contributed by atoms with Crippen LogP contribution in [-0.2, 0) is 12.7 Å². The smallest absolute Gasteiger partial charge is 0.416 e. The Morgan fingerprint density at radius 1 is 1.13 bits per heavy atom. The second kappa shape index (κ2) is 8.08. The highest BCUT2D eigenvalue weighted by molar-refractivity contribution is 5.78. The summed E-state index contributed by atoms with van der Waals surface area (Å²) in [7, 11) is 1.36. The number of hydrogen-bond acceptors (Lipinski definition) is 5. The number of methoxy groups -OCH3 is 1. The molecule has 9 heteroatoms. The van der Waals surface area contributed by atoms with Gasteiger partial charge in [-0.1, -0.05) is 12.1 Å². The number of nitrogens with zero attached hydrogens (tertiary/aromatic N) is 3. The molecule has 1 N–H and O–H groups in total. The first-order valence-electron chi connectivity index (χ1n) is 9.58. The average Bonchev–Trinajstić information content (AvgIpc) is 2.74. The van der Waals surface area contributed by atoms with Crippen molar-refractivity contribution in [2.24, 2.45) is 0 Å². The van der Waals surface area contributed by atoms with Crippen LogP contribution in [0.5, 0.6) is 5.75 Å². The number of halogens is 3. The molecule has 1 fully saturated rings. The van der Waals surface area contributed by atoms with Gasteiger partial charge in [-0.3, -0.25) is 14.3 Å². The lowest BCUT2D eigenvalue weighted by atomic mass is 10.1. The van der Waals surface area contributed by atoms with E-state index in [9.17, 15) is 18.0 Å². The number of piperazine rings is 1. The maximum absolute atomic E-state index is 13.4. The minimum absolute atomic E-state index is 0.0284. The van der Waals surface area contributed by atoms with Crippen molar-refractivity contribution in [2.75, 3.05) is 33.3 Å². The Balaban J connectivity index is 1.96. The summed E-state index contributed by atoms with van der Waals surface area (Å²) >= 11 is 0. The fraction of sp³-hybridized carbons (Fsp3) is 0.333. The van der Waals surface area contributed by atoms with Gasteiger partial charge in [0.05, 0.1) is 35.8 Å². The number of nitrogens with one attached hydrogen (secondary N) is 1. The normalized spacial score (nSPS) is 15.5. The number of alkyl halides is 3. The van der Waals surface area contributed by atoms with Gasteiger partial charge in [-0.15, -0.1) is 0 Å². The van der Waals surface area contributed by atoms with E-state index in [1.165, 1.54) is 17.7 Å². The summed E-state index contributed by atoms with van der Waals surface area (Å²) in [5.74, 6) is 0.543. The topological polar surface area (TPSA) is 59.4 Å². The van der Waals surface area contributed by atoms with Crippen molar-refractivity contribution >= 4 is 10.9 Å². The molecule has 1 aromatic heterocycles. The predicted octanol–water partition coefficient (Wildman–Crippen LogP) is 2.82. The second-order valence-corrected chi connectivity index (χ2v) is 7.10. The maximum Gasteiger partial charge on any atom is 0.416 e. The molecule has 1 saturated heterocycles. The van der Waals surface area contributed by atoms with Crippen molar-refractivity contribution in [3.05, 3.63) is 64.2 Å². The molecule has 0 bridgehead atoms. The van der Waals surface area contributed by atoms with Gasteiger partial charge in [0.25, 0.3) is 5.56 Å². The number of fused-ring (bicyclic) bond motifs is 1. The fourth-order valence-corrected chi connectivity index (χ4v) is 3.64. The summed E-state index contributed by atoms with van der Waals surface area (Å²) in [6.45, 7) is 3.43. The van der Waals surface area contributed by atoms with E-state index in [4.69, 9.17) is 4.74 Å². The zero-order chi connectivity index (χ0) is 21.3. The molecule has 2 aromatic carbocycles. The third-order valence-corrected chi connectivity index (χ3v) is 5.17. The van der Waals surface area contributed by atoms with Gasteiger partial charge in [0, 0.05) is 26.2 Å². The van der Waals surface area contributed by atoms with Crippen LogP contribution in [0.2, 0.25) is 0 Å². The first kappa shape index (κ1) is 20.4.